The highest BCUT2D eigenvalue weighted by Gasteiger charge is 2.17. The smallest absolute Gasteiger partial charge is 0.243 e. The Hall–Kier alpha value is -1.86. The Morgan fingerprint density at radius 2 is 2.20 bits per heavy atom. The Morgan fingerprint density at radius 3 is 3.00 bits per heavy atom. The van der Waals surface area contributed by atoms with Crippen LogP contribution in [0, 0.1) is 0 Å². The molecule has 0 saturated carbocycles. The molecule has 1 unspecified atom stereocenters. The maximum Gasteiger partial charge on any atom is 0.243 e. The number of nitrogens with zero attached hydrogens (tertiary/aromatic N) is 2. The minimum Gasteiger partial charge on any atom is -0.454 e. The highest BCUT2D eigenvalue weighted by molar-refractivity contribution is 7.18. The first-order valence-electron chi connectivity index (χ1n) is 5.82. The van der Waals surface area contributed by atoms with Gasteiger partial charge in [0.15, 0.2) is 11.5 Å². The summed E-state index contributed by atoms with van der Waals surface area (Å²) in [5, 5.41) is 11.0. The number of carbonyl (C=O) groups is 1. The summed E-state index contributed by atoms with van der Waals surface area (Å²) in [4.78, 5) is 11.5. The van der Waals surface area contributed by atoms with Crippen molar-refractivity contribution < 1.29 is 14.3 Å². The second-order valence-electron chi connectivity index (χ2n) is 4.09. The summed E-state index contributed by atoms with van der Waals surface area (Å²) in [6, 6.07) is 5.51. The molecule has 0 radical (unpaired) electrons. The van der Waals surface area contributed by atoms with E-state index in [9.17, 15) is 4.79 Å². The highest BCUT2D eigenvalue weighted by Crippen LogP contribution is 2.37. The van der Waals surface area contributed by atoms with Gasteiger partial charge in [0.25, 0.3) is 0 Å². The number of nitrogens with one attached hydrogen (secondary N) is 1. The fourth-order valence-electron chi connectivity index (χ4n) is 1.62. The van der Waals surface area contributed by atoms with Crippen molar-refractivity contribution in [3.05, 3.63) is 18.2 Å². The number of hydrogen-bond acceptors (Lipinski definition) is 6. The first-order chi connectivity index (χ1) is 9.63. The normalized spacial score (nSPS) is 14.1. The maximum absolute atomic E-state index is 11.5. The van der Waals surface area contributed by atoms with E-state index in [0.717, 1.165) is 5.56 Å². The molecule has 0 saturated heterocycles. The van der Waals surface area contributed by atoms with Crippen LogP contribution in [0.4, 0.5) is 5.13 Å². The summed E-state index contributed by atoms with van der Waals surface area (Å²) in [7, 11) is 0. The van der Waals surface area contributed by atoms with Crippen LogP contribution in [0.3, 0.4) is 0 Å². The molecule has 1 amide bonds. The molecule has 1 atom stereocenters. The summed E-state index contributed by atoms with van der Waals surface area (Å²) in [6.07, 6.45) is 0. The molecule has 1 aliphatic heterocycles. The molecule has 1 aliphatic rings. The van der Waals surface area contributed by atoms with Crippen molar-refractivity contribution in [2.45, 2.75) is 12.3 Å². The molecule has 2 heterocycles. The first-order valence-corrected chi connectivity index (χ1v) is 7.07. The minimum atomic E-state index is -0.618. The van der Waals surface area contributed by atoms with Crippen LogP contribution in [0.15, 0.2) is 18.2 Å². The standard InChI is InChI=1S/C12H10ClN3O3S/c1-6(13)10(17)14-12-16-15-11(20-12)7-2-3-8-9(4-7)19-5-18-8/h2-4,6H,5H2,1H3,(H,14,16,17). The second kappa shape index (κ2) is 5.26. The summed E-state index contributed by atoms with van der Waals surface area (Å²) in [5.74, 6) is 1.08. The number of amides is 1. The summed E-state index contributed by atoms with van der Waals surface area (Å²) < 4.78 is 10.6. The molecule has 6 nitrogen and oxygen atoms in total. The van der Waals surface area contributed by atoms with Gasteiger partial charge >= 0.3 is 0 Å². The zero-order valence-electron chi connectivity index (χ0n) is 10.4. The van der Waals surface area contributed by atoms with Gasteiger partial charge in [0, 0.05) is 5.56 Å². The summed E-state index contributed by atoms with van der Waals surface area (Å²) in [5.41, 5.74) is 0.853. The van der Waals surface area contributed by atoms with E-state index < -0.39 is 5.38 Å². The molecular weight excluding hydrogens is 302 g/mol. The van der Waals surface area contributed by atoms with Crippen LogP contribution in [0.1, 0.15) is 6.92 Å². The number of carbonyl (C=O) groups excluding carboxylic acids is 1. The van der Waals surface area contributed by atoms with E-state index in [-0.39, 0.29) is 12.7 Å². The van der Waals surface area contributed by atoms with E-state index in [2.05, 4.69) is 15.5 Å². The van der Waals surface area contributed by atoms with E-state index in [0.29, 0.717) is 21.6 Å². The van der Waals surface area contributed by atoms with E-state index in [4.69, 9.17) is 21.1 Å². The molecule has 0 bridgehead atoms. The molecule has 20 heavy (non-hydrogen) atoms. The Balaban J connectivity index is 1.81. The van der Waals surface area contributed by atoms with Crippen molar-refractivity contribution in [3.63, 3.8) is 0 Å². The van der Waals surface area contributed by atoms with Crippen LogP contribution in [0.25, 0.3) is 10.6 Å². The van der Waals surface area contributed by atoms with E-state index >= 15 is 0 Å². The molecule has 104 valence electrons. The van der Waals surface area contributed by atoms with E-state index in [1.54, 1.807) is 6.92 Å². The van der Waals surface area contributed by atoms with Crippen LogP contribution in [0.5, 0.6) is 11.5 Å². The lowest BCUT2D eigenvalue weighted by molar-refractivity contribution is -0.115. The zero-order chi connectivity index (χ0) is 14.1. The highest BCUT2D eigenvalue weighted by atomic mass is 35.5. The average Bonchev–Trinajstić information content (AvgIpc) is 3.05. The molecule has 2 aromatic rings. The predicted octanol–water partition coefficient (Wildman–Crippen LogP) is 2.50. The van der Waals surface area contributed by atoms with Gasteiger partial charge in [-0.15, -0.1) is 21.8 Å². The number of rotatable bonds is 3. The SMILES string of the molecule is CC(Cl)C(=O)Nc1nnc(-c2ccc3c(c2)OCO3)s1. The molecular formula is C12H10ClN3O3S. The Morgan fingerprint density at radius 1 is 1.40 bits per heavy atom. The maximum atomic E-state index is 11.5. The van der Waals surface area contributed by atoms with E-state index in [1.165, 1.54) is 11.3 Å². The number of aromatic nitrogens is 2. The van der Waals surface area contributed by atoms with Crippen LogP contribution in [-0.2, 0) is 4.79 Å². The van der Waals surface area contributed by atoms with Gasteiger partial charge in [-0.05, 0) is 25.1 Å². The van der Waals surface area contributed by atoms with Gasteiger partial charge in [0.2, 0.25) is 17.8 Å². The number of alkyl halides is 1. The largest absolute Gasteiger partial charge is 0.454 e. The molecule has 1 aromatic carbocycles. The number of benzene rings is 1. The lowest BCUT2D eigenvalue weighted by atomic mass is 10.2. The minimum absolute atomic E-state index is 0.226. The lowest BCUT2D eigenvalue weighted by Gasteiger charge is -2.01. The van der Waals surface area contributed by atoms with Crippen LogP contribution >= 0.6 is 22.9 Å². The van der Waals surface area contributed by atoms with Crippen molar-refractivity contribution in [1.82, 2.24) is 10.2 Å². The van der Waals surface area contributed by atoms with Crippen LogP contribution in [0.2, 0.25) is 0 Å². The van der Waals surface area contributed by atoms with Crippen LogP contribution < -0.4 is 14.8 Å². The lowest BCUT2D eigenvalue weighted by Crippen LogP contribution is -2.20. The van der Waals surface area contributed by atoms with Crippen molar-refractivity contribution >= 4 is 34.0 Å². The number of hydrogen-bond donors (Lipinski definition) is 1. The zero-order valence-corrected chi connectivity index (χ0v) is 12.0. The second-order valence-corrected chi connectivity index (χ2v) is 5.72. The Kier molecular flexibility index (Phi) is 3.45. The Bertz CT molecular complexity index is 659. The quantitative estimate of drug-likeness (QED) is 0.882. The average molecular weight is 312 g/mol. The molecule has 1 aromatic heterocycles. The van der Waals surface area contributed by atoms with Gasteiger partial charge in [-0.25, -0.2) is 0 Å². The fraction of sp³-hybridized carbons (Fsp3) is 0.250. The molecule has 3 rings (SSSR count). The number of fused-ring (bicyclic) bond motifs is 1. The predicted molar refractivity (Wildman–Crippen MR) is 75.4 cm³/mol. The van der Waals surface area contributed by atoms with Crippen LogP contribution in [-0.4, -0.2) is 28.3 Å². The number of anilines is 1. The third-order valence-corrected chi connectivity index (χ3v) is 3.72. The van der Waals surface area contributed by atoms with Gasteiger partial charge < -0.3 is 9.47 Å². The molecule has 0 spiro atoms. The van der Waals surface area contributed by atoms with Gasteiger partial charge in [0.1, 0.15) is 10.4 Å². The van der Waals surface area contributed by atoms with Crippen molar-refractivity contribution in [3.8, 4) is 22.1 Å². The van der Waals surface area contributed by atoms with Gasteiger partial charge in [-0.3, -0.25) is 10.1 Å². The van der Waals surface area contributed by atoms with Gasteiger partial charge in [-0.2, -0.15) is 0 Å². The fourth-order valence-corrected chi connectivity index (χ4v) is 2.42. The Labute approximate surface area is 123 Å². The van der Waals surface area contributed by atoms with Gasteiger partial charge in [0.05, 0.1) is 0 Å². The monoisotopic (exact) mass is 311 g/mol. The number of ether oxygens (including phenoxy) is 2. The number of halogens is 1. The van der Waals surface area contributed by atoms with E-state index in [1.807, 2.05) is 18.2 Å². The van der Waals surface area contributed by atoms with Crippen molar-refractivity contribution in [2.24, 2.45) is 0 Å². The summed E-state index contributed by atoms with van der Waals surface area (Å²) >= 11 is 6.95. The molecule has 1 N–H and O–H groups in total. The molecule has 0 fully saturated rings. The molecule has 0 aliphatic carbocycles. The third-order valence-electron chi connectivity index (χ3n) is 2.64. The molecule has 8 heteroatoms. The topological polar surface area (TPSA) is 73.3 Å². The first kappa shape index (κ1) is 13.1. The third kappa shape index (κ3) is 2.54. The summed E-state index contributed by atoms with van der Waals surface area (Å²) in [6.45, 7) is 1.82. The van der Waals surface area contributed by atoms with Crippen molar-refractivity contribution in [1.29, 1.82) is 0 Å². The van der Waals surface area contributed by atoms with Gasteiger partial charge in [-0.1, -0.05) is 11.3 Å². The van der Waals surface area contributed by atoms with Crippen molar-refractivity contribution in [2.75, 3.05) is 12.1 Å².